The number of imidazole rings is 1. The minimum absolute atomic E-state index is 0.0352. The van der Waals surface area contributed by atoms with Crippen LogP contribution < -0.4 is 10.1 Å². The van der Waals surface area contributed by atoms with E-state index in [0.29, 0.717) is 5.16 Å². The summed E-state index contributed by atoms with van der Waals surface area (Å²) in [7, 11) is 1.63. The number of H-pyrrole nitrogens is 1. The molecule has 1 amide bonds. The Morgan fingerprint density at radius 3 is 2.79 bits per heavy atom. The molecule has 2 heterocycles. The standard InChI is InChI=1S/C22H21N3O2S2/c1-14-5-7-15(8-6-14)21(19-4-3-11-28-19)25-20(26)13-29-22-23-17-10-9-16(27-2)12-18(17)24-22/h3-12,21H,13H2,1-2H3,(H,23,24)(H,25,26). The Balaban J connectivity index is 1.45. The highest BCUT2D eigenvalue weighted by Gasteiger charge is 2.18. The van der Waals surface area contributed by atoms with Crippen molar-refractivity contribution in [3.05, 3.63) is 76.0 Å². The number of aromatic amines is 1. The van der Waals surface area contributed by atoms with Crippen LogP contribution >= 0.6 is 23.1 Å². The van der Waals surface area contributed by atoms with E-state index in [1.54, 1.807) is 18.4 Å². The van der Waals surface area contributed by atoms with Gasteiger partial charge in [0.1, 0.15) is 5.75 Å². The van der Waals surface area contributed by atoms with E-state index in [1.807, 2.05) is 29.6 Å². The lowest BCUT2D eigenvalue weighted by atomic mass is 10.0. The van der Waals surface area contributed by atoms with Gasteiger partial charge >= 0.3 is 0 Å². The summed E-state index contributed by atoms with van der Waals surface area (Å²) in [5.41, 5.74) is 4.02. The number of fused-ring (bicyclic) bond motifs is 1. The number of hydrogen-bond acceptors (Lipinski definition) is 5. The number of thioether (sulfide) groups is 1. The zero-order chi connectivity index (χ0) is 20.2. The first kappa shape index (κ1) is 19.5. The van der Waals surface area contributed by atoms with Gasteiger partial charge in [-0.1, -0.05) is 47.7 Å². The quantitative estimate of drug-likeness (QED) is 0.413. The van der Waals surface area contributed by atoms with Crippen LogP contribution in [0.4, 0.5) is 0 Å². The van der Waals surface area contributed by atoms with E-state index in [4.69, 9.17) is 4.74 Å². The summed E-state index contributed by atoms with van der Waals surface area (Å²) in [4.78, 5) is 21.6. The number of aryl methyl sites for hydroxylation is 1. The van der Waals surface area contributed by atoms with Crippen molar-refractivity contribution in [2.75, 3.05) is 12.9 Å². The lowest BCUT2D eigenvalue weighted by Crippen LogP contribution is -2.30. The van der Waals surface area contributed by atoms with Crippen molar-refractivity contribution in [3.8, 4) is 5.75 Å². The van der Waals surface area contributed by atoms with Crippen molar-refractivity contribution in [1.82, 2.24) is 15.3 Å². The van der Waals surface area contributed by atoms with Crippen molar-refractivity contribution >= 4 is 40.0 Å². The van der Waals surface area contributed by atoms with Crippen molar-refractivity contribution < 1.29 is 9.53 Å². The number of aromatic nitrogens is 2. The topological polar surface area (TPSA) is 67.0 Å². The van der Waals surface area contributed by atoms with Gasteiger partial charge in [0, 0.05) is 10.9 Å². The molecule has 4 rings (SSSR count). The molecule has 0 aliphatic heterocycles. The van der Waals surface area contributed by atoms with E-state index in [1.165, 1.54) is 17.3 Å². The van der Waals surface area contributed by atoms with Gasteiger partial charge in [-0.05, 0) is 36.1 Å². The van der Waals surface area contributed by atoms with E-state index >= 15 is 0 Å². The third-order valence-corrected chi connectivity index (χ3v) is 6.36. The van der Waals surface area contributed by atoms with Gasteiger partial charge in [-0.2, -0.15) is 0 Å². The van der Waals surface area contributed by atoms with E-state index < -0.39 is 0 Å². The molecule has 7 heteroatoms. The average molecular weight is 424 g/mol. The second-order valence-corrected chi connectivity index (χ2v) is 8.58. The molecule has 1 atom stereocenters. The lowest BCUT2D eigenvalue weighted by molar-refractivity contribution is -0.119. The number of thiophene rings is 1. The molecule has 0 saturated heterocycles. The first-order chi connectivity index (χ1) is 14.1. The minimum atomic E-state index is -0.149. The Labute approximate surface area is 177 Å². The molecule has 2 aromatic heterocycles. The summed E-state index contributed by atoms with van der Waals surface area (Å²) < 4.78 is 5.24. The third kappa shape index (κ3) is 4.63. The summed E-state index contributed by atoms with van der Waals surface area (Å²) in [6.07, 6.45) is 0. The predicted molar refractivity (Wildman–Crippen MR) is 119 cm³/mol. The van der Waals surface area contributed by atoms with E-state index in [2.05, 4.69) is 52.5 Å². The van der Waals surface area contributed by atoms with Gasteiger partial charge in [0.15, 0.2) is 5.16 Å². The highest BCUT2D eigenvalue weighted by Crippen LogP contribution is 2.27. The maximum Gasteiger partial charge on any atom is 0.231 e. The van der Waals surface area contributed by atoms with E-state index in [-0.39, 0.29) is 17.7 Å². The molecule has 148 valence electrons. The molecule has 4 aromatic rings. The molecule has 0 aliphatic carbocycles. The summed E-state index contributed by atoms with van der Waals surface area (Å²) in [6, 6.07) is 17.9. The van der Waals surface area contributed by atoms with Gasteiger partial charge in [0.05, 0.1) is 29.9 Å². The van der Waals surface area contributed by atoms with Crippen LogP contribution in [0.3, 0.4) is 0 Å². The molecule has 0 fully saturated rings. The number of amides is 1. The Kier molecular flexibility index (Phi) is 5.87. The van der Waals surface area contributed by atoms with Crippen LogP contribution in [0.2, 0.25) is 0 Å². The maximum atomic E-state index is 12.7. The van der Waals surface area contributed by atoms with Gasteiger partial charge in [-0.3, -0.25) is 4.79 Å². The summed E-state index contributed by atoms with van der Waals surface area (Å²) in [6.45, 7) is 2.06. The van der Waals surface area contributed by atoms with Crippen LogP contribution in [0.1, 0.15) is 22.0 Å². The van der Waals surface area contributed by atoms with Crippen LogP contribution in [0.5, 0.6) is 5.75 Å². The molecular weight excluding hydrogens is 402 g/mol. The molecule has 2 aromatic carbocycles. The summed E-state index contributed by atoms with van der Waals surface area (Å²) >= 11 is 3.03. The van der Waals surface area contributed by atoms with Crippen molar-refractivity contribution in [2.24, 2.45) is 0 Å². The van der Waals surface area contributed by atoms with Gasteiger partial charge in [0.25, 0.3) is 0 Å². The molecule has 0 saturated carbocycles. The first-order valence-corrected chi connectivity index (χ1v) is 11.0. The minimum Gasteiger partial charge on any atom is -0.497 e. The Hall–Kier alpha value is -2.77. The molecule has 2 N–H and O–H groups in total. The fourth-order valence-electron chi connectivity index (χ4n) is 3.03. The summed E-state index contributed by atoms with van der Waals surface area (Å²) in [5.74, 6) is 1.02. The van der Waals surface area contributed by atoms with Crippen LogP contribution in [-0.4, -0.2) is 28.7 Å². The Morgan fingerprint density at radius 1 is 1.24 bits per heavy atom. The molecule has 5 nitrogen and oxygen atoms in total. The predicted octanol–water partition coefficient (Wildman–Crippen LogP) is 4.94. The number of benzene rings is 2. The van der Waals surface area contributed by atoms with Gasteiger partial charge in [-0.25, -0.2) is 4.98 Å². The third-order valence-electron chi connectivity index (χ3n) is 4.55. The highest BCUT2D eigenvalue weighted by molar-refractivity contribution is 7.99. The molecule has 0 spiro atoms. The lowest BCUT2D eigenvalue weighted by Gasteiger charge is -2.18. The number of nitrogens with one attached hydrogen (secondary N) is 2. The number of methoxy groups -OCH3 is 1. The zero-order valence-corrected chi connectivity index (χ0v) is 17.8. The number of ether oxygens (including phenoxy) is 1. The molecule has 0 bridgehead atoms. The fourth-order valence-corrected chi connectivity index (χ4v) is 4.53. The maximum absolute atomic E-state index is 12.7. The molecule has 1 unspecified atom stereocenters. The Bertz CT molecular complexity index is 1110. The molecule has 0 radical (unpaired) electrons. The number of hydrogen-bond donors (Lipinski definition) is 2. The van der Waals surface area contributed by atoms with Crippen molar-refractivity contribution in [1.29, 1.82) is 0 Å². The second-order valence-electron chi connectivity index (χ2n) is 6.64. The van der Waals surface area contributed by atoms with Crippen LogP contribution in [0.25, 0.3) is 11.0 Å². The zero-order valence-electron chi connectivity index (χ0n) is 16.1. The average Bonchev–Trinajstić information content (AvgIpc) is 3.40. The van der Waals surface area contributed by atoms with Gasteiger partial charge < -0.3 is 15.0 Å². The summed E-state index contributed by atoms with van der Waals surface area (Å²) in [5, 5.41) is 5.91. The number of carbonyl (C=O) groups excluding carboxylic acids is 1. The smallest absolute Gasteiger partial charge is 0.231 e. The van der Waals surface area contributed by atoms with Crippen LogP contribution in [0, 0.1) is 6.92 Å². The van der Waals surface area contributed by atoms with Crippen molar-refractivity contribution in [2.45, 2.75) is 18.1 Å². The second kappa shape index (κ2) is 8.71. The number of rotatable bonds is 7. The normalized spacial score (nSPS) is 12.1. The molecule has 29 heavy (non-hydrogen) atoms. The van der Waals surface area contributed by atoms with Crippen LogP contribution in [0.15, 0.2) is 65.1 Å². The number of nitrogens with zero attached hydrogens (tertiary/aromatic N) is 1. The van der Waals surface area contributed by atoms with Gasteiger partial charge in [0.2, 0.25) is 5.91 Å². The SMILES string of the molecule is COc1ccc2nc(SCC(=O)NC(c3ccc(C)cc3)c3cccs3)[nH]c2c1. The number of carbonyl (C=O) groups is 1. The van der Waals surface area contributed by atoms with E-state index in [0.717, 1.165) is 27.2 Å². The molecule has 0 aliphatic rings. The van der Waals surface area contributed by atoms with Crippen molar-refractivity contribution in [3.63, 3.8) is 0 Å². The van der Waals surface area contributed by atoms with Crippen LogP contribution in [-0.2, 0) is 4.79 Å². The highest BCUT2D eigenvalue weighted by atomic mass is 32.2. The van der Waals surface area contributed by atoms with Gasteiger partial charge in [-0.15, -0.1) is 11.3 Å². The fraction of sp³-hybridized carbons (Fsp3) is 0.182. The van der Waals surface area contributed by atoms with E-state index in [9.17, 15) is 4.79 Å². The Morgan fingerprint density at radius 2 is 2.07 bits per heavy atom. The first-order valence-electron chi connectivity index (χ1n) is 9.18. The molecular formula is C22H21N3O2S2. The monoisotopic (exact) mass is 423 g/mol. The largest absolute Gasteiger partial charge is 0.497 e.